The monoisotopic (exact) mass is 260 g/mol. The normalized spacial score (nSPS) is 14.1. The number of carbonyl (C=O) groups excluding carboxylic acids is 1. The largest absolute Gasteiger partial charge is 0.480 e. The molecule has 0 aromatic heterocycles. The minimum atomic E-state index is -1.04. The fraction of sp³-hybridized carbons (Fsp3) is 0.636. The predicted octanol–water partition coefficient (Wildman–Crippen LogP) is 0.458. The van der Waals surface area contributed by atoms with Gasteiger partial charge in [0, 0.05) is 11.5 Å². The molecule has 0 heterocycles. The Kier molecular flexibility index (Phi) is 7.65. The highest BCUT2D eigenvalue weighted by molar-refractivity contribution is 7.99. The van der Waals surface area contributed by atoms with Crippen molar-refractivity contribution in [2.45, 2.75) is 25.9 Å². The van der Waals surface area contributed by atoms with Crippen LogP contribution in [0.1, 0.15) is 13.8 Å². The number of amides is 1. The van der Waals surface area contributed by atoms with E-state index in [-0.39, 0.29) is 5.92 Å². The molecular formula is C11H20N2O3S. The molecule has 0 aromatic carbocycles. The number of carboxylic acid groups (broad SMARTS) is 1. The summed E-state index contributed by atoms with van der Waals surface area (Å²) in [6.45, 7) is 7.02. The maximum atomic E-state index is 11.6. The molecule has 0 aliphatic rings. The van der Waals surface area contributed by atoms with Gasteiger partial charge in [-0.3, -0.25) is 4.79 Å². The van der Waals surface area contributed by atoms with Crippen LogP contribution < -0.4 is 11.1 Å². The molecule has 0 aliphatic heterocycles. The predicted molar refractivity (Wildman–Crippen MR) is 69.9 cm³/mol. The number of carboxylic acids is 1. The smallest absolute Gasteiger partial charge is 0.326 e. The number of carbonyl (C=O) groups is 2. The molecule has 0 radical (unpaired) electrons. The number of nitrogens with one attached hydrogen (secondary N) is 1. The van der Waals surface area contributed by atoms with Gasteiger partial charge in [-0.15, -0.1) is 6.58 Å². The second-order valence-corrected chi connectivity index (χ2v) is 5.08. The van der Waals surface area contributed by atoms with Gasteiger partial charge in [0.15, 0.2) is 0 Å². The lowest BCUT2D eigenvalue weighted by molar-refractivity contribution is -0.143. The minimum Gasteiger partial charge on any atom is -0.480 e. The van der Waals surface area contributed by atoms with Crippen molar-refractivity contribution < 1.29 is 14.7 Å². The lowest BCUT2D eigenvalue weighted by Gasteiger charge is -2.20. The molecule has 0 saturated carbocycles. The van der Waals surface area contributed by atoms with E-state index in [1.807, 2.05) is 0 Å². The van der Waals surface area contributed by atoms with Crippen molar-refractivity contribution in [3.05, 3.63) is 12.7 Å². The molecule has 0 aliphatic carbocycles. The molecule has 4 N–H and O–H groups in total. The van der Waals surface area contributed by atoms with E-state index in [1.165, 1.54) is 11.8 Å². The van der Waals surface area contributed by atoms with Crippen molar-refractivity contribution in [1.29, 1.82) is 0 Å². The van der Waals surface area contributed by atoms with Crippen LogP contribution in [0.3, 0.4) is 0 Å². The third-order valence-corrected chi connectivity index (χ3v) is 3.17. The van der Waals surface area contributed by atoms with E-state index in [9.17, 15) is 9.59 Å². The Balaban J connectivity index is 4.21. The van der Waals surface area contributed by atoms with E-state index < -0.39 is 24.0 Å². The van der Waals surface area contributed by atoms with Gasteiger partial charge in [-0.05, 0) is 5.92 Å². The summed E-state index contributed by atoms with van der Waals surface area (Å²) in [6, 6.07) is -1.58. The molecule has 0 rings (SSSR count). The quantitative estimate of drug-likeness (QED) is 0.435. The van der Waals surface area contributed by atoms with E-state index in [1.54, 1.807) is 19.9 Å². The lowest BCUT2D eigenvalue weighted by Crippen LogP contribution is -2.51. The highest BCUT2D eigenvalue weighted by atomic mass is 32.2. The summed E-state index contributed by atoms with van der Waals surface area (Å²) in [5.41, 5.74) is 5.65. The van der Waals surface area contributed by atoms with Crippen molar-refractivity contribution in [2.24, 2.45) is 11.7 Å². The van der Waals surface area contributed by atoms with Crippen molar-refractivity contribution in [3.63, 3.8) is 0 Å². The van der Waals surface area contributed by atoms with Crippen LogP contribution in [0.25, 0.3) is 0 Å². The molecular weight excluding hydrogens is 240 g/mol. The van der Waals surface area contributed by atoms with E-state index in [0.717, 1.165) is 0 Å². The van der Waals surface area contributed by atoms with Gasteiger partial charge < -0.3 is 16.2 Å². The topological polar surface area (TPSA) is 92.4 Å². The summed E-state index contributed by atoms with van der Waals surface area (Å²) in [5.74, 6) is -0.484. The first kappa shape index (κ1) is 16.0. The third-order valence-electron chi connectivity index (χ3n) is 2.10. The Morgan fingerprint density at radius 3 is 2.53 bits per heavy atom. The maximum absolute atomic E-state index is 11.6. The Morgan fingerprint density at radius 1 is 1.53 bits per heavy atom. The molecule has 1 amide bonds. The fourth-order valence-corrected chi connectivity index (χ4v) is 1.84. The number of hydrogen-bond donors (Lipinski definition) is 3. The van der Waals surface area contributed by atoms with E-state index in [4.69, 9.17) is 10.8 Å². The Hall–Kier alpha value is -1.01. The Bertz CT molecular complexity index is 282. The molecule has 5 nitrogen and oxygen atoms in total. The Labute approximate surface area is 106 Å². The highest BCUT2D eigenvalue weighted by Gasteiger charge is 2.25. The second kappa shape index (κ2) is 8.14. The third kappa shape index (κ3) is 6.33. The summed E-state index contributed by atoms with van der Waals surface area (Å²) in [7, 11) is 0. The van der Waals surface area contributed by atoms with Gasteiger partial charge in [-0.1, -0.05) is 19.9 Å². The zero-order valence-corrected chi connectivity index (χ0v) is 11.0. The molecule has 0 spiro atoms. The van der Waals surface area contributed by atoms with Crippen LogP contribution in [-0.2, 0) is 9.59 Å². The summed E-state index contributed by atoms with van der Waals surface area (Å²) in [6.07, 6.45) is 1.73. The van der Waals surface area contributed by atoms with Gasteiger partial charge in [-0.2, -0.15) is 11.8 Å². The van der Waals surface area contributed by atoms with Crippen molar-refractivity contribution in [1.82, 2.24) is 5.32 Å². The van der Waals surface area contributed by atoms with E-state index in [2.05, 4.69) is 11.9 Å². The highest BCUT2D eigenvalue weighted by Crippen LogP contribution is 2.05. The maximum Gasteiger partial charge on any atom is 0.326 e. The SMILES string of the molecule is C=CCSCC(N)C(=O)N[C@H](C(=O)O)C(C)C. The van der Waals surface area contributed by atoms with E-state index >= 15 is 0 Å². The number of aliphatic carboxylic acids is 1. The molecule has 0 bridgehead atoms. The van der Waals surface area contributed by atoms with Crippen molar-refractivity contribution in [2.75, 3.05) is 11.5 Å². The fourth-order valence-electron chi connectivity index (χ4n) is 1.13. The summed E-state index contributed by atoms with van der Waals surface area (Å²) < 4.78 is 0. The number of rotatable bonds is 8. The second-order valence-electron chi connectivity index (χ2n) is 4.00. The molecule has 0 aromatic rings. The minimum absolute atomic E-state index is 0.176. The molecule has 1 unspecified atom stereocenters. The van der Waals surface area contributed by atoms with Crippen molar-refractivity contribution >= 4 is 23.6 Å². The van der Waals surface area contributed by atoms with Gasteiger partial charge >= 0.3 is 5.97 Å². The van der Waals surface area contributed by atoms with Gasteiger partial charge in [-0.25, -0.2) is 4.79 Å². The number of nitrogens with two attached hydrogens (primary N) is 1. The summed E-state index contributed by atoms with van der Waals surface area (Å²) in [5, 5.41) is 11.4. The summed E-state index contributed by atoms with van der Waals surface area (Å²) in [4.78, 5) is 22.5. The molecule has 2 atom stereocenters. The first-order chi connectivity index (χ1) is 7.90. The zero-order valence-electron chi connectivity index (χ0n) is 10.2. The van der Waals surface area contributed by atoms with Crippen LogP contribution in [-0.4, -0.2) is 40.6 Å². The van der Waals surface area contributed by atoms with Crippen LogP contribution in [0, 0.1) is 5.92 Å². The molecule has 17 heavy (non-hydrogen) atoms. The van der Waals surface area contributed by atoms with Crippen LogP contribution >= 0.6 is 11.8 Å². The van der Waals surface area contributed by atoms with Gasteiger partial charge in [0.05, 0.1) is 6.04 Å². The average Bonchev–Trinajstić information content (AvgIpc) is 2.24. The van der Waals surface area contributed by atoms with Crippen molar-refractivity contribution in [3.8, 4) is 0 Å². The van der Waals surface area contributed by atoms with E-state index in [0.29, 0.717) is 11.5 Å². The standard InChI is InChI=1S/C11H20N2O3S/c1-4-5-17-6-8(12)10(14)13-9(7(2)3)11(15)16/h4,7-9H,1,5-6,12H2,2-3H3,(H,13,14)(H,15,16)/t8?,9-/m0/s1. The number of hydrogen-bond acceptors (Lipinski definition) is 4. The van der Waals surface area contributed by atoms with Crippen LogP contribution in [0.5, 0.6) is 0 Å². The first-order valence-corrected chi connectivity index (χ1v) is 6.53. The van der Waals surface area contributed by atoms with Crippen LogP contribution in [0.4, 0.5) is 0 Å². The lowest BCUT2D eigenvalue weighted by atomic mass is 10.0. The van der Waals surface area contributed by atoms with Crippen LogP contribution in [0.2, 0.25) is 0 Å². The van der Waals surface area contributed by atoms with Gasteiger partial charge in [0.1, 0.15) is 6.04 Å². The number of thioether (sulfide) groups is 1. The van der Waals surface area contributed by atoms with Gasteiger partial charge in [0.2, 0.25) is 5.91 Å². The first-order valence-electron chi connectivity index (χ1n) is 5.37. The zero-order chi connectivity index (χ0) is 13.4. The molecule has 0 fully saturated rings. The molecule has 0 saturated heterocycles. The molecule has 98 valence electrons. The van der Waals surface area contributed by atoms with Gasteiger partial charge in [0.25, 0.3) is 0 Å². The Morgan fingerprint density at radius 2 is 2.12 bits per heavy atom. The average molecular weight is 260 g/mol. The summed E-state index contributed by atoms with van der Waals surface area (Å²) >= 11 is 1.48. The van der Waals surface area contributed by atoms with Crippen LogP contribution in [0.15, 0.2) is 12.7 Å². The molecule has 6 heteroatoms.